The van der Waals surface area contributed by atoms with Crippen LogP contribution in [0.1, 0.15) is 31.8 Å². The lowest BCUT2D eigenvalue weighted by Crippen LogP contribution is -2.22. The Morgan fingerprint density at radius 2 is 1.77 bits per heavy atom. The number of hydrogen-bond donors (Lipinski definition) is 3. The van der Waals surface area contributed by atoms with Crippen molar-refractivity contribution < 1.29 is 19.4 Å². The standard InChI is InChI=1S/C26H27ClN4O4/c1-31(13-14-32)17-19-3-7-20(8-4-19)25(33)29-24-12-9-21(27)15-23(24)26(34)30-28-16-18-5-10-22(35-2)11-6-18/h3-12,15-16,32H,13-14,17H2,1-2H3,(H,29,33)(H,30,34). The van der Waals surface area contributed by atoms with Crippen molar-refractivity contribution in [2.75, 3.05) is 32.6 Å². The first-order chi connectivity index (χ1) is 16.9. The molecule has 0 aliphatic heterocycles. The predicted octanol–water partition coefficient (Wildman–Crippen LogP) is 3.79. The van der Waals surface area contributed by atoms with Gasteiger partial charge in [-0.3, -0.25) is 14.5 Å². The molecule has 8 nitrogen and oxygen atoms in total. The van der Waals surface area contributed by atoms with Crippen LogP contribution < -0.4 is 15.5 Å². The fourth-order valence-corrected chi connectivity index (χ4v) is 3.42. The van der Waals surface area contributed by atoms with Gasteiger partial charge in [0, 0.05) is 23.7 Å². The molecule has 0 aromatic heterocycles. The molecule has 0 fully saturated rings. The average Bonchev–Trinajstić information content (AvgIpc) is 2.86. The zero-order valence-corrected chi connectivity index (χ0v) is 20.2. The summed E-state index contributed by atoms with van der Waals surface area (Å²) in [6, 6.07) is 18.9. The minimum Gasteiger partial charge on any atom is -0.497 e. The third kappa shape index (κ3) is 7.65. The van der Waals surface area contributed by atoms with Crippen LogP contribution in [0, 0.1) is 0 Å². The van der Waals surface area contributed by atoms with Gasteiger partial charge in [0.15, 0.2) is 0 Å². The summed E-state index contributed by atoms with van der Waals surface area (Å²) in [5.74, 6) is -0.164. The van der Waals surface area contributed by atoms with Crippen LogP contribution in [-0.4, -0.2) is 55.3 Å². The van der Waals surface area contributed by atoms with Gasteiger partial charge in [-0.2, -0.15) is 5.10 Å². The molecular weight excluding hydrogens is 468 g/mol. The van der Waals surface area contributed by atoms with Crippen LogP contribution in [0.15, 0.2) is 71.8 Å². The maximum atomic E-state index is 12.8. The number of rotatable bonds is 10. The van der Waals surface area contributed by atoms with Gasteiger partial charge in [-0.15, -0.1) is 0 Å². The van der Waals surface area contributed by atoms with Crippen LogP contribution in [-0.2, 0) is 6.54 Å². The second-order valence-corrected chi connectivity index (χ2v) is 8.21. The number of anilines is 1. The van der Waals surface area contributed by atoms with Gasteiger partial charge in [0.2, 0.25) is 0 Å². The number of likely N-dealkylation sites (N-methyl/N-ethyl adjacent to an activating group) is 1. The van der Waals surface area contributed by atoms with Gasteiger partial charge in [0.25, 0.3) is 11.8 Å². The molecule has 0 unspecified atom stereocenters. The first kappa shape index (κ1) is 25.9. The summed E-state index contributed by atoms with van der Waals surface area (Å²) in [6.45, 7) is 1.30. The highest BCUT2D eigenvalue weighted by atomic mass is 35.5. The Balaban J connectivity index is 1.67. The van der Waals surface area contributed by atoms with E-state index < -0.39 is 5.91 Å². The maximum Gasteiger partial charge on any atom is 0.273 e. The lowest BCUT2D eigenvalue weighted by Gasteiger charge is -2.15. The van der Waals surface area contributed by atoms with Gasteiger partial charge < -0.3 is 15.2 Å². The highest BCUT2D eigenvalue weighted by Gasteiger charge is 2.15. The summed E-state index contributed by atoms with van der Waals surface area (Å²) in [6.07, 6.45) is 1.50. The summed E-state index contributed by atoms with van der Waals surface area (Å²) < 4.78 is 5.12. The van der Waals surface area contributed by atoms with E-state index >= 15 is 0 Å². The molecule has 0 bridgehead atoms. The van der Waals surface area contributed by atoms with Crippen LogP contribution >= 0.6 is 11.6 Å². The Morgan fingerprint density at radius 3 is 2.43 bits per heavy atom. The molecule has 0 radical (unpaired) electrons. The number of aliphatic hydroxyl groups is 1. The molecule has 3 aromatic rings. The molecule has 3 N–H and O–H groups in total. The number of benzene rings is 3. The van der Waals surface area contributed by atoms with E-state index in [-0.39, 0.29) is 18.1 Å². The Kier molecular flexibility index (Phi) is 9.37. The van der Waals surface area contributed by atoms with Crippen LogP contribution in [0.25, 0.3) is 0 Å². The third-order valence-electron chi connectivity index (χ3n) is 5.12. The number of carbonyl (C=O) groups is 2. The number of aliphatic hydroxyl groups excluding tert-OH is 1. The molecule has 3 rings (SSSR count). The van der Waals surface area contributed by atoms with E-state index in [4.69, 9.17) is 21.4 Å². The van der Waals surface area contributed by atoms with Crippen LogP contribution in [0.4, 0.5) is 5.69 Å². The van der Waals surface area contributed by atoms with E-state index in [2.05, 4.69) is 15.8 Å². The largest absolute Gasteiger partial charge is 0.497 e. The van der Waals surface area contributed by atoms with E-state index in [9.17, 15) is 9.59 Å². The monoisotopic (exact) mass is 494 g/mol. The number of nitrogens with one attached hydrogen (secondary N) is 2. The fraction of sp³-hybridized carbons (Fsp3) is 0.192. The van der Waals surface area contributed by atoms with Crippen LogP contribution in [0.2, 0.25) is 5.02 Å². The number of methoxy groups -OCH3 is 1. The van der Waals surface area contributed by atoms with Gasteiger partial charge in [-0.25, -0.2) is 5.43 Å². The molecule has 35 heavy (non-hydrogen) atoms. The van der Waals surface area contributed by atoms with Crippen molar-refractivity contribution in [1.82, 2.24) is 10.3 Å². The molecule has 2 amide bonds. The summed E-state index contributed by atoms with van der Waals surface area (Å²) in [5.41, 5.74) is 5.18. The molecule has 182 valence electrons. The lowest BCUT2D eigenvalue weighted by molar-refractivity contribution is 0.0956. The van der Waals surface area contributed by atoms with E-state index in [0.717, 1.165) is 11.1 Å². The molecule has 9 heteroatoms. The maximum absolute atomic E-state index is 12.8. The Morgan fingerprint density at radius 1 is 1.06 bits per heavy atom. The zero-order chi connectivity index (χ0) is 25.2. The Labute approximate surface area is 209 Å². The molecule has 0 saturated heterocycles. The second-order valence-electron chi connectivity index (χ2n) is 7.77. The quantitative estimate of drug-likeness (QED) is 0.294. The number of hydrogen-bond acceptors (Lipinski definition) is 6. The van der Waals surface area contributed by atoms with Gasteiger partial charge in [0.05, 0.1) is 31.2 Å². The average molecular weight is 495 g/mol. The van der Waals surface area contributed by atoms with Crippen molar-refractivity contribution >= 4 is 35.3 Å². The minimum atomic E-state index is -0.519. The van der Waals surface area contributed by atoms with Crippen molar-refractivity contribution in [1.29, 1.82) is 0 Å². The number of nitrogens with zero attached hydrogens (tertiary/aromatic N) is 2. The van der Waals surface area contributed by atoms with E-state index in [0.29, 0.717) is 35.1 Å². The summed E-state index contributed by atoms with van der Waals surface area (Å²) in [4.78, 5) is 27.5. The molecule has 0 saturated carbocycles. The smallest absolute Gasteiger partial charge is 0.273 e. The number of ether oxygens (including phenoxy) is 1. The Hall–Kier alpha value is -3.72. The van der Waals surface area contributed by atoms with Crippen molar-refractivity contribution in [2.24, 2.45) is 5.10 Å². The van der Waals surface area contributed by atoms with Crippen molar-refractivity contribution in [3.05, 3.63) is 94.0 Å². The number of amides is 2. The first-order valence-electron chi connectivity index (χ1n) is 10.9. The van der Waals surface area contributed by atoms with Crippen LogP contribution in [0.5, 0.6) is 5.75 Å². The topological polar surface area (TPSA) is 103 Å². The summed E-state index contributed by atoms with van der Waals surface area (Å²) in [7, 11) is 3.49. The lowest BCUT2D eigenvalue weighted by atomic mass is 10.1. The third-order valence-corrected chi connectivity index (χ3v) is 5.36. The van der Waals surface area contributed by atoms with Gasteiger partial charge in [-0.1, -0.05) is 23.7 Å². The first-order valence-corrected chi connectivity index (χ1v) is 11.2. The molecule has 0 aliphatic rings. The fourth-order valence-electron chi connectivity index (χ4n) is 3.25. The SMILES string of the molecule is COc1ccc(C=NNC(=O)c2cc(Cl)ccc2NC(=O)c2ccc(CN(C)CCO)cc2)cc1. The summed E-state index contributed by atoms with van der Waals surface area (Å²) in [5, 5.41) is 16.1. The number of hydrazone groups is 1. The molecule has 3 aromatic carbocycles. The van der Waals surface area contributed by atoms with Crippen molar-refractivity contribution in [3.8, 4) is 5.75 Å². The van der Waals surface area contributed by atoms with Crippen molar-refractivity contribution in [3.63, 3.8) is 0 Å². The minimum absolute atomic E-state index is 0.0841. The van der Waals surface area contributed by atoms with E-state index in [1.54, 1.807) is 55.6 Å². The Bertz CT molecular complexity index is 1180. The van der Waals surface area contributed by atoms with Gasteiger partial charge >= 0.3 is 0 Å². The zero-order valence-electron chi connectivity index (χ0n) is 19.5. The molecule has 0 atom stereocenters. The molecule has 0 heterocycles. The predicted molar refractivity (Wildman–Crippen MR) is 137 cm³/mol. The molecule has 0 aliphatic carbocycles. The van der Waals surface area contributed by atoms with E-state index in [1.165, 1.54) is 12.3 Å². The molecule has 0 spiro atoms. The summed E-state index contributed by atoms with van der Waals surface area (Å²) >= 11 is 6.09. The second kappa shape index (κ2) is 12.7. The highest BCUT2D eigenvalue weighted by Crippen LogP contribution is 2.22. The number of halogens is 1. The van der Waals surface area contributed by atoms with Gasteiger partial charge in [0.1, 0.15) is 5.75 Å². The van der Waals surface area contributed by atoms with Crippen LogP contribution in [0.3, 0.4) is 0 Å². The van der Waals surface area contributed by atoms with Gasteiger partial charge in [-0.05, 0) is 72.8 Å². The highest BCUT2D eigenvalue weighted by molar-refractivity contribution is 6.31. The normalized spacial score (nSPS) is 11.0. The van der Waals surface area contributed by atoms with E-state index in [1.807, 2.05) is 24.1 Å². The van der Waals surface area contributed by atoms with Crippen molar-refractivity contribution in [2.45, 2.75) is 6.54 Å². The molecular formula is C26H27ClN4O4. The number of carbonyl (C=O) groups excluding carboxylic acids is 2.